The highest BCUT2D eigenvalue weighted by Gasteiger charge is 2.22. The summed E-state index contributed by atoms with van der Waals surface area (Å²) in [5.74, 6) is 0. The number of nitrogens with one attached hydrogen (secondary N) is 2. The smallest absolute Gasteiger partial charge is 0.234 e. The molecule has 7 rings (SSSR count). The zero-order valence-corrected chi connectivity index (χ0v) is 21.5. The van der Waals surface area contributed by atoms with Gasteiger partial charge < -0.3 is 0 Å². The van der Waals surface area contributed by atoms with Crippen molar-refractivity contribution < 1.29 is 9.97 Å². The van der Waals surface area contributed by atoms with Crippen LogP contribution in [0.5, 0.6) is 0 Å². The number of hydrogen-bond acceptors (Lipinski definition) is 2. The first-order valence-corrected chi connectivity index (χ1v) is 13.1. The van der Waals surface area contributed by atoms with Gasteiger partial charge in [-0.15, -0.1) is 0 Å². The standard InChI is InChI=1S/C35H24N4/c1-23-16-21-30-31(22-23)39-33(25-12-6-3-7-13-25)35(38-30)27-19-17-26(18-20-27)34-32(24-10-4-2-5-11-24)36-28-14-8-9-15-29(28)37-34/h2-22H,1H3/p+2. The predicted molar refractivity (Wildman–Crippen MR) is 157 cm³/mol. The molecule has 4 heteroatoms. The van der Waals surface area contributed by atoms with Crippen LogP contribution in [0.2, 0.25) is 0 Å². The maximum atomic E-state index is 5.10. The summed E-state index contributed by atoms with van der Waals surface area (Å²) in [5, 5.41) is 0. The third-order valence-electron chi connectivity index (χ3n) is 7.07. The highest BCUT2D eigenvalue weighted by Crippen LogP contribution is 2.32. The molecule has 0 spiro atoms. The second-order valence-corrected chi connectivity index (χ2v) is 9.77. The van der Waals surface area contributed by atoms with Gasteiger partial charge in [0.15, 0.2) is 0 Å². The lowest BCUT2D eigenvalue weighted by atomic mass is 9.99. The van der Waals surface area contributed by atoms with Crippen molar-refractivity contribution in [1.82, 2.24) is 9.97 Å². The number of aromatic nitrogens is 4. The summed E-state index contributed by atoms with van der Waals surface area (Å²) >= 11 is 0. The van der Waals surface area contributed by atoms with E-state index in [1.165, 1.54) is 5.56 Å². The number of para-hydroxylation sites is 2. The minimum Gasteiger partial charge on any atom is -0.234 e. The van der Waals surface area contributed by atoms with E-state index in [0.717, 1.165) is 67.1 Å². The molecule has 2 heterocycles. The number of aryl methyl sites for hydroxylation is 1. The van der Waals surface area contributed by atoms with Gasteiger partial charge in [-0.1, -0.05) is 78.9 Å². The van der Waals surface area contributed by atoms with Gasteiger partial charge in [-0.25, -0.2) is 19.9 Å². The van der Waals surface area contributed by atoms with Crippen LogP contribution in [0.1, 0.15) is 5.56 Å². The van der Waals surface area contributed by atoms with Gasteiger partial charge in [0.05, 0.1) is 0 Å². The molecule has 0 fully saturated rings. The van der Waals surface area contributed by atoms with Crippen LogP contribution in [0.4, 0.5) is 0 Å². The fraction of sp³-hybridized carbons (Fsp3) is 0.0286. The van der Waals surface area contributed by atoms with Gasteiger partial charge in [-0.05, 0) is 48.9 Å². The van der Waals surface area contributed by atoms with Gasteiger partial charge in [0.25, 0.3) is 0 Å². The highest BCUT2D eigenvalue weighted by molar-refractivity contribution is 5.85. The van der Waals surface area contributed by atoms with E-state index in [1.807, 2.05) is 42.5 Å². The summed E-state index contributed by atoms with van der Waals surface area (Å²) in [6.45, 7) is 2.10. The van der Waals surface area contributed by atoms with E-state index >= 15 is 0 Å². The molecule has 4 nitrogen and oxygen atoms in total. The predicted octanol–water partition coefficient (Wildman–Crippen LogP) is 7.39. The summed E-state index contributed by atoms with van der Waals surface area (Å²) < 4.78 is 0. The van der Waals surface area contributed by atoms with Crippen molar-refractivity contribution >= 4 is 22.1 Å². The van der Waals surface area contributed by atoms with Crippen molar-refractivity contribution in [2.24, 2.45) is 0 Å². The second-order valence-electron chi connectivity index (χ2n) is 9.77. The van der Waals surface area contributed by atoms with Crippen LogP contribution in [0.3, 0.4) is 0 Å². The fourth-order valence-corrected chi connectivity index (χ4v) is 5.09. The molecule has 2 aromatic heterocycles. The zero-order valence-electron chi connectivity index (χ0n) is 21.5. The lowest BCUT2D eigenvalue weighted by Crippen LogP contribution is -2.13. The van der Waals surface area contributed by atoms with Crippen molar-refractivity contribution in [2.45, 2.75) is 6.92 Å². The van der Waals surface area contributed by atoms with E-state index in [0.29, 0.717) is 0 Å². The van der Waals surface area contributed by atoms with Crippen LogP contribution < -0.4 is 9.97 Å². The Hall–Kier alpha value is -5.22. The Labute approximate surface area is 226 Å². The van der Waals surface area contributed by atoms with Crippen LogP contribution in [0.25, 0.3) is 67.1 Å². The molecule has 0 bridgehead atoms. The summed E-state index contributed by atoms with van der Waals surface area (Å²) in [6.07, 6.45) is 0. The number of H-pyrrole nitrogens is 2. The Morgan fingerprint density at radius 3 is 1.51 bits per heavy atom. The Kier molecular flexibility index (Phi) is 5.64. The Bertz CT molecular complexity index is 1950. The molecule has 184 valence electrons. The number of hydrogen-bond donors (Lipinski definition) is 0. The third kappa shape index (κ3) is 4.32. The van der Waals surface area contributed by atoms with Crippen molar-refractivity contribution in [3.05, 3.63) is 133 Å². The van der Waals surface area contributed by atoms with Crippen LogP contribution in [-0.4, -0.2) is 9.97 Å². The topological polar surface area (TPSA) is 54.1 Å². The van der Waals surface area contributed by atoms with Gasteiger partial charge in [0, 0.05) is 34.4 Å². The number of fused-ring (bicyclic) bond motifs is 2. The molecule has 7 aromatic rings. The summed E-state index contributed by atoms with van der Waals surface area (Å²) in [7, 11) is 0. The Balaban J connectivity index is 1.39. The second kappa shape index (κ2) is 9.58. The maximum absolute atomic E-state index is 5.10. The van der Waals surface area contributed by atoms with Gasteiger partial charge >= 0.3 is 0 Å². The molecular formula is C35H26N4+2. The van der Waals surface area contributed by atoms with E-state index < -0.39 is 0 Å². The van der Waals surface area contributed by atoms with Gasteiger partial charge in [-0.2, -0.15) is 0 Å². The van der Waals surface area contributed by atoms with Crippen LogP contribution in [0, 0.1) is 6.92 Å². The van der Waals surface area contributed by atoms with Gasteiger partial charge in [-0.3, -0.25) is 0 Å². The van der Waals surface area contributed by atoms with Crippen molar-refractivity contribution in [3.8, 4) is 45.0 Å². The zero-order chi connectivity index (χ0) is 26.2. The Morgan fingerprint density at radius 1 is 0.436 bits per heavy atom. The first-order chi connectivity index (χ1) is 19.2. The molecule has 5 aromatic carbocycles. The molecule has 0 saturated heterocycles. The van der Waals surface area contributed by atoms with Gasteiger partial charge in [0.1, 0.15) is 22.4 Å². The van der Waals surface area contributed by atoms with Crippen molar-refractivity contribution in [1.29, 1.82) is 0 Å². The molecule has 0 saturated carbocycles. The average Bonchev–Trinajstić information content (AvgIpc) is 3.01. The molecule has 0 aliphatic heterocycles. The quantitative estimate of drug-likeness (QED) is 0.252. The van der Waals surface area contributed by atoms with Gasteiger partial charge in [0.2, 0.25) is 22.4 Å². The summed E-state index contributed by atoms with van der Waals surface area (Å²) in [5.41, 5.74) is 13.3. The molecule has 2 N–H and O–H groups in total. The van der Waals surface area contributed by atoms with Crippen LogP contribution in [-0.2, 0) is 0 Å². The molecule has 0 aliphatic rings. The number of benzene rings is 5. The summed E-state index contributed by atoms with van der Waals surface area (Å²) in [4.78, 5) is 17.5. The van der Waals surface area contributed by atoms with E-state index in [4.69, 9.17) is 9.97 Å². The van der Waals surface area contributed by atoms with E-state index in [2.05, 4.69) is 102 Å². The molecule has 0 aliphatic carbocycles. The minimum absolute atomic E-state index is 0.932. The van der Waals surface area contributed by atoms with Crippen molar-refractivity contribution in [2.75, 3.05) is 0 Å². The van der Waals surface area contributed by atoms with E-state index in [-0.39, 0.29) is 0 Å². The average molecular weight is 503 g/mol. The summed E-state index contributed by atoms with van der Waals surface area (Å²) in [6, 6.07) is 43.8. The first kappa shape index (κ1) is 22.9. The van der Waals surface area contributed by atoms with E-state index in [9.17, 15) is 0 Å². The van der Waals surface area contributed by atoms with E-state index in [1.54, 1.807) is 0 Å². The molecule has 39 heavy (non-hydrogen) atoms. The molecular weight excluding hydrogens is 476 g/mol. The molecule has 0 amide bonds. The number of aromatic amines is 2. The first-order valence-electron chi connectivity index (χ1n) is 13.1. The number of nitrogens with zero attached hydrogens (tertiary/aromatic N) is 2. The SMILES string of the molecule is Cc1ccc2[nH+]c(-c3ccc(-c4[nH+]c5ccccc5nc4-c4ccccc4)cc3)c(-c3ccccc3)nc2c1. The van der Waals surface area contributed by atoms with Crippen LogP contribution in [0.15, 0.2) is 127 Å². The Morgan fingerprint density at radius 2 is 0.923 bits per heavy atom. The normalized spacial score (nSPS) is 11.2. The number of rotatable bonds is 4. The van der Waals surface area contributed by atoms with Crippen molar-refractivity contribution in [3.63, 3.8) is 0 Å². The molecule has 0 radical (unpaired) electrons. The third-order valence-corrected chi connectivity index (χ3v) is 7.07. The lowest BCUT2D eigenvalue weighted by Gasteiger charge is -2.08. The molecule has 0 unspecified atom stereocenters. The van der Waals surface area contributed by atoms with Crippen LogP contribution >= 0.6 is 0 Å². The highest BCUT2D eigenvalue weighted by atomic mass is 14.8. The molecule has 0 atom stereocenters. The largest absolute Gasteiger partial charge is 0.237 e. The maximum Gasteiger partial charge on any atom is 0.237 e. The minimum atomic E-state index is 0.932. The lowest BCUT2D eigenvalue weighted by molar-refractivity contribution is -0.331. The fourth-order valence-electron chi connectivity index (χ4n) is 5.09. The monoisotopic (exact) mass is 502 g/mol.